The number of ether oxygens (including phenoxy) is 1. The molecule has 1 atom stereocenters. The Kier molecular flexibility index (Phi) is 4.57. The molecule has 1 aromatic rings. The van der Waals surface area contributed by atoms with Crippen molar-refractivity contribution in [2.75, 3.05) is 18.5 Å². The van der Waals surface area contributed by atoms with Crippen molar-refractivity contribution < 1.29 is 4.74 Å². The van der Waals surface area contributed by atoms with E-state index in [1.54, 1.807) is 6.07 Å². The second kappa shape index (κ2) is 6.17. The van der Waals surface area contributed by atoms with Crippen LogP contribution in [0.15, 0.2) is 6.07 Å². The van der Waals surface area contributed by atoms with E-state index in [0.29, 0.717) is 11.2 Å². The van der Waals surface area contributed by atoms with Crippen LogP contribution < -0.4 is 5.32 Å². The monoisotopic (exact) mass is 255 g/mol. The van der Waals surface area contributed by atoms with Crippen LogP contribution in [-0.4, -0.2) is 29.2 Å². The fourth-order valence-corrected chi connectivity index (χ4v) is 2.14. The van der Waals surface area contributed by atoms with Gasteiger partial charge in [0.05, 0.1) is 12.6 Å². The van der Waals surface area contributed by atoms with Crippen LogP contribution in [0.25, 0.3) is 0 Å². The average Bonchev–Trinajstić information content (AvgIpc) is 2.30. The molecule has 0 saturated carbocycles. The van der Waals surface area contributed by atoms with E-state index < -0.39 is 0 Å². The Morgan fingerprint density at radius 1 is 1.53 bits per heavy atom. The summed E-state index contributed by atoms with van der Waals surface area (Å²) in [5.74, 6) is 1.61. The average molecular weight is 256 g/mol. The largest absolute Gasteiger partial charge is 0.379 e. The SMILES string of the molecule is CCCc1nc(Cl)cc(NC2CCCOC2)n1. The highest BCUT2D eigenvalue weighted by molar-refractivity contribution is 6.29. The number of hydrogen-bond acceptors (Lipinski definition) is 4. The molecule has 0 aromatic carbocycles. The Labute approximate surface area is 107 Å². The zero-order valence-corrected chi connectivity index (χ0v) is 10.8. The first-order chi connectivity index (χ1) is 8.28. The molecule has 1 aromatic heterocycles. The van der Waals surface area contributed by atoms with Crippen LogP contribution in [-0.2, 0) is 11.2 Å². The maximum Gasteiger partial charge on any atom is 0.134 e. The van der Waals surface area contributed by atoms with Gasteiger partial charge in [-0.05, 0) is 19.3 Å². The number of nitrogens with zero attached hydrogens (tertiary/aromatic N) is 2. The highest BCUT2D eigenvalue weighted by atomic mass is 35.5. The van der Waals surface area contributed by atoms with E-state index in [-0.39, 0.29) is 0 Å². The lowest BCUT2D eigenvalue weighted by molar-refractivity contribution is 0.0875. The lowest BCUT2D eigenvalue weighted by Crippen LogP contribution is -2.30. The van der Waals surface area contributed by atoms with Crippen molar-refractivity contribution in [1.82, 2.24) is 9.97 Å². The molecule has 5 heteroatoms. The number of rotatable bonds is 4. The van der Waals surface area contributed by atoms with Gasteiger partial charge in [0.25, 0.3) is 0 Å². The van der Waals surface area contributed by atoms with E-state index in [2.05, 4.69) is 22.2 Å². The number of halogens is 1. The summed E-state index contributed by atoms with van der Waals surface area (Å²) < 4.78 is 5.42. The molecular formula is C12H18ClN3O. The molecule has 0 amide bonds. The Bertz CT molecular complexity index is 367. The normalized spacial score (nSPS) is 20.2. The molecule has 1 aliphatic rings. The van der Waals surface area contributed by atoms with E-state index in [1.807, 2.05) is 0 Å². The maximum absolute atomic E-state index is 5.98. The molecule has 0 aliphatic carbocycles. The minimum Gasteiger partial charge on any atom is -0.379 e. The van der Waals surface area contributed by atoms with Gasteiger partial charge in [-0.3, -0.25) is 0 Å². The lowest BCUT2D eigenvalue weighted by atomic mass is 10.1. The van der Waals surface area contributed by atoms with Gasteiger partial charge in [-0.25, -0.2) is 9.97 Å². The van der Waals surface area contributed by atoms with Crippen molar-refractivity contribution in [3.05, 3.63) is 17.0 Å². The zero-order valence-electron chi connectivity index (χ0n) is 10.1. The molecule has 0 bridgehead atoms. The highest BCUT2D eigenvalue weighted by Gasteiger charge is 2.14. The van der Waals surface area contributed by atoms with Gasteiger partial charge in [0.2, 0.25) is 0 Å². The van der Waals surface area contributed by atoms with Crippen LogP contribution in [0.4, 0.5) is 5.82 Å². The molecule has 1 fully saturated rings. The van der Waals surface area contributed by atoms with Gasteiger partial charge in [0.15, 0.2) is 0 Å². The van der Waals surface area contributed by atoms with Crippen molar-refractivity contribution in [3.8, 4) is 0 Å². The molecule has 1 saturated heterocycles. The summed E-state index contributed by atoms with van der Waals surface area (Å²) in [5.41, 5.74) is 0. The van der Waals surface area contributed by atoms with Crippen LogP contribution in [0, 0.1) is 0 Å². The Morgan fingerprint density at radius 3 is 3.12 bits per heavy atom. The summed E-state index contributed by atoms with van der Waals surface area (Å²) in [7, 11) is 0. The number of nitrogens with one attached hydrogen (secondary N) is 1. The fraction of sp³-hybridized carbons (Fsp3) is 0.667. The fourth-order valence-electron chi connectivity index (χ4n) is 1.94. The summed E-state index contributed by atoms with van der Waals surface area (Å²) >= 11 is 5.98. The van der Waals surface area contributed by atoms with Gasteiger partial charge in [-0.2, -0.15) is 0 Å². The van der Waals surface area contributed by atoms with E-state index in [0.717, 1.165) is 50.5 Å². The Hall–Kier alpha value is -0.870. The van der Waals surface area contributed by atoms with Crippen molar-refractivity contribution in [3.63, 3.8) is 0 Å². The summed E-state index contributed by atoms with van der Waals surface area (Å²) in [5, 5.41) is 3.86. The molecule has 1 N–H and O–H groups in total. The van der Waals surface area contributed by atoms with Gasteiger partial charge in [0, 0.05) is 19.1 Å². The van der Waals surface area contributed by atoms with E-state index in [1.165, 1.54) is 0 Å². The summed E-state index contributed by atoms with van der Waals surface area (Å²) in [6, 6.07) is 2.11. The topological polar surface area (TPSA) is 47.0 Å². The molecule has 0 radical (unpaired) electrons. The first-order valence-corrected chi connectivity index (χ1v) is 6.53. The first kappa shape index (κ1) is 12.6. The van der Waals surface area contributed by atoms with Crippen molar-refractivity contribution in [2.45, 2.75) is 38.6 Å². The van der Waals surface area contributed by atoms with E-state index >= 15 is 0 Å². The molecule has 2 rings (SSSR count). The second-order valence-corrected chi connectivity index (χ2v) is 4.69. The predicted molar refractivity (Wildman–Crippen MR) is 68.5 cm³/mol. The third-order valence-electron chi connectivity index (χ3n) is 2.73. The van der Waals surface area contributed by atoms with Crippen molar-refractivity contribution in [1.29, 1.82) is 0 Å². The van der Waals surface area contributed by atoms with Gasteiger partial charge in [-0.1, -0.05) is 18.5 Å². The molecule has 1 unspecified atom stereocenters. The molecule has 4 nitrogen and oxygen atoms in total. The summed E-state index contributed by atoms with van der Waals surface area (Å²) in [6.45, 7) is 3.71. The van der Waals surface area contributed by atoms with Gasteiger partial charge >= 0.3 is 0 Å². The van der Waals surface area contributed by atoms with E-state index in [9.17, 15) is 0 Å². The Balaban J connectivity index is 2.03. The van der Waals surface area contributed by atoms with Crippen molar-refractivity contribution >= 4 is 17.4 Å². The molecule has 17 heavy (non-hydrogen) atoms. The maximum atomic E-state index is 5.98. The van der Waals surface area contributed by atoms with Crippen LogP contribution in [0.5, 0.6) is 0 Å². The van der Waals surface area contributed by atoms with E-state index in [4.69, 9.17) is 16.3 Å². The predicted octanol–water partition coefficient (Wildman–Crippen LogP) is 2.67. The molecular weight excluding hydrogens is 238 g/mol. The molecule has 0 spiro atoms. The van der Waals surface area contributed by atoms with Crippen LogP contribution in [0.2, 0.25) is 5.15 Å². The number of anilines is 1. The molecule has 2 heterocycles. The second-order valence-electron chi connectivity index (χ2n) is 4.30. The highest BCUT2D eigenvalue weighted by Crippen LogP contribution is 2.16. The standard InChI is InChI=1S/C12H18ClN3O/c1-2-4-11-15-10(13)7-12(16-11)14-9-5-3-6-17-8-9/h7,9H,2-6,8H2,1H3,(H,14,15,16). The Morgan fingerprint density at radius 2 is 2.41 bits per heavy atom. The van der Waals surface area contributed by atoms with Crippen LogP contribution in [0.3, 0.4) is 0 Å². The van der Waals surface area contributed by atoms with Gasteiger partial charge < -0.3 is 10.1 Å². The molecule has 94 valence electrons. The smallest absolute Gasteiger partial charge is 0.134 e. The third-order valence-corrected chi connectivity index (χ3v) is 2.92. The van der Waals surface area contributed by atoms with Gasteiger partial charge in [0.1, 0.15) is 16.8 Å². The summed E-state index contributed by atoms with van der Waals surface area (Å²) in [4.78, 5) is 8.65. The number of aryl methyl sites for hydroxylation is 1. The quantitative estimate of drug-likeness (QED) is 0.841. The number of hydrogen-bond donors (Lipinski definition) is 1. The first-order valence-electron chi connectivity index (χ1n) is 6.15. The number of aromatic nitrogens is 2. The van der Waals surface area contributed by atoms with Crippen molar-refractivity contribution in [2.24, 2.45) is 0 Å². The summed E-state index contributed by atoms with van der Waals surface area (Å²) in [6.07, 6.45) is 4.09. The van der Waals surface area contributed by atoms with Crippen LogP contribution in [0.1, 0.15) is 32.0 Å². The lowest BCUT2D eigenvalue weighted by Gasteiger charge is -2.23. The van der Waals surface area contributed by atoms with Gasteiger partial charge in [-0.15, -0.1) is 0 Å². The minimum absolute atomic E-state index is 0.337. The third kappa shape index (κ3) is 3.82. The van der Waals surface area contributed by atoms with Crippen LogP contribution >= 0.6 is 11.6 Å². The minimum atomic E-state index is 0.337. The molecule has 1 aliphatic heterocycles. The zero-order chi connectivity index (χ0) is 12.1.